The molecule has 0 unspecified atom stereocenters. The molecule has 12 amide bonds. The maximum Gasteiger partial charge on any atom is 0.251 e. The molecule has 25 nitrogen and oxygen atoms in total. The number of halogens is 3. The highest BCUT2D eigenvalue weighted by atomic mass is 127. The Kier molecular flexibility index (Phi) is 30.6. The fourth-order valence-corrected chi connectivity index (χ4v) is 12.6. The Morgan fingerprint density at radius 1 is 0.584 bits per heavy atom. The maximum absolute atomic E-state index is 15.3. The molecule has 0 spiro atoms. The van der Waals surface area contributed by atoms with Crippen molar-refractivity contribution >= 4 is 93.5 Å². The molecule has 2 heterocycles. The molecule has 2 saturated heterocycles. The highest BCUT2D eigenvalue weighted by molar-refractivity contribution is 14.1. The molecule has 2 aliphatic heterocycles. The monoisotopic (exact) mass is 1520 g/mol. The van der Waals surface area contributed by atoms with E-state index in [1.54, 1.807) is 96.1 Å². The van der Waals surface area contributed by atoms with E-state index in [0.29, 0.717) is 28.9 Å². The summed E-state index contributed by atoms with van der Waals surface area (Å²) in [5, 5.41) is 11.3. The molecule has 0 aromatic heterocycles. The zero-order chi connectivity index (χ0) is 75.7. The number of rotatable bonds is 14. The Bertz CT molecular complexity index is 3440. The van der Waals surface area contributed by atoms with Gasteiger partial charge < -0.3 is 65.2 Å². The topological polar surface area (TPSA) is 288 Å². The lowest BCUT2D eigenvalue weighted by Crippen LogP contribution is -2.64. The van der Waals surface area contributed by atoms with Gasteiger partial charge in [0.25, 0.3) is 5.92 Å². The van der Waals surface area contributed by atoms with Crippen molar-refractivity contribution in [2.75, 3.05) is 89.2 Å². The first-order chi connectivity index (χ1) is 47.2. The lowest BCUT2D eigenvalue weighted by Gasteiger charge is -2.40. The van der Waals surface area contributed by atoms with Crippen LogP contribution in [-0.2, 0) is 76.8 Å². The quantitative estimate of drug-likeness (QED) is 0.162. The number of carbonyl (C=O) groups excluding carboxylic acids is 12. The van der Waals surface area contributed by atoms with Crippen molar-refractivity contribution in [2.45, 2.75) is 174 Å². The molecule has 4 N–H and O–H groups in total. The van der Waals surface area contributed by atoms with Gasteiger partial charge in [0.15, 0.2) is 0 Å². The molecule has 0 radical (unpaired) electrons. The number of likely N-dealkylation sites (N-methyl/N-ethyl adjacent to an activating group) is 7. The van der Waals surface area contributed by atoms with Gasteiger partial charge in [-0.3, -0.25) is 57.5 Å². The fourth-order valence-electron chi connectivity index (χ4n) is 12.0. The minimum absolute atomic E-state index is 0.0280. The first kappa shape index (κ1) is 83.4. The van der Waals surface area contributed by atoms with Crippen molar-refractivity contribution in [3.8, 4) is 5.75 Å². The van der Waals surface area contributed by atoms with Crippen LogP contribution in [0.3, 0.4) is 0 Å². The van der Waals surface area contributed by atoms with Crippen LogP contribution in [0.2, 0.25) is 0 Å². The number of alkyl halides is 2. The number of hydrogen-bond donors (Lipinski definition) is 4. The number of nitrogens with zero attached hydrogens (tertiary/aromatic N) is 8. The molecule has 0 aliphatic carbocycles. The van der Waals surface area contributed by atoms with Gasteiger partial charge in [0.05, 0.1) is 33.2 Å². The average Bonchev–Trinajstić information content (AvgIpc) is 0.828. The number of ether oxygens (including phenoxy) is 1. The molecule has 556 valence electrons. The van der Waals surface area contributed by atoms with Gasteiger partial charge in [-0.05, 0) is 115 Å². The lowest BCUT2D eigenvalue weighted by molar-refractivity contribution is -0.154. The molecule has 3 aromatic rings. The lowest BCUT2D eigenvalue weighted by atomic mass is 9.95. The highest BCUT2D eigenvalue weighted by Gasteiger charge is 2.46. The van der Waals surface area contributed by atoms with E-state index in [2.05, 4.69) is 43.9 Å². The van der Waals surface area contributed by atoms with Gasteiger partial charge in [-0.25, -0.2) is 8.78 Å². The summed E-state index contributed by atoms with van der Waals surface area (Å²) in [7, 11) is 10.9. The molecule has 3 aromatic carbocycles. The molecular weight excluding hydrogens is 1420 g/mol. The largest absolute Gasteiger partial charge is 0.497 e. The molecule has 2 fully saturated rings. The Labute approximate surface area is 607 Å². The number of benzene rings is 3. The molecule has 28 heteroatoms. The third-order valence-electron chi connectivity index (χ3n) is 19.1. The number of hydrogen-bond acceptors (Lipinski definition) is 13. The summed E-state index contributed by atoms with van der Waals surface area (Å²) >= 11 is 2.11. The highest BCUT2D eigenvalue weighted by Crippen LogP contribution is 2.30. The van der Waals surface area contributed by atoms with Gasteiger partial charge in [-0.1, -0.05) is 102 Å². The summed E-state index contributed by atoms with van der Waals surface area (Å²) < 4.78 is 35.6. The van der Waals surface area contributed by atoms with Crippen LogP contribution in [0.4, 0.5) is 8.78 Å². The van der Waals surface area contributed by atoms with E-state index in [1.807, 2.05) is 25.1 Å². The number of aryl methyl sites for hydroxylation is 1. The van der Waals surface area contributed by atoms with Crippen LogP contribution < -0.4 is 26.0 Å². The fraction of sp³-hybridized carbons (Fsp3) is 0.589. The summed E-state index contributed by atoms with van der Waals surface area (Å²) in [6, 6.07) is 11.3. The number of amides is 12. The van der Waals surface area contributed by atoms with Crippen molar-refractivity contribution in [3.05, 3.63) is 98.6 Å². The van der Waals surface area contributed by atoms with E-state index in [0.717, 1.165) is 43.4 Å². The summed E-state index contributed by atoms with van der Waals surface area (Å²) in [5.74, 6) is -13.0. The number of piperidine rings is 1. The molecule has 5 rings (SSSR count). The molecule has 2 aliphatic rings. The first-order valence-electron chi connectivity index (χ1n) is 34.3. The smallest absolute Gasteiger partial charge is 0.251 e. The number of methoxy groups -OCH3 is 1. The van der Waals surface area contributed by atoms with Crippen LogP contribution in [0.5, 0.6) is 5.75 Å². The normalized spacial score (nSPS) is 23.6. The van der Waals surface area contributed by atoms with Gasteiger partial charge >= 0.3 is 0 Å². The van der Waals surface area contributed by atoms with Crippen LogP contribution in [0, 0.1) is 28.2 Å². The van der Waals surface area contributed by atoms with Gasteiger partial charge in [0.2, 0.25) is 70.9 Å². The molecule has 0 saturated carbocycles. The first-order valence-corrected chi connectivity index (χ1v) is 35.4. The Balaban J connectivity index is 1.66. The number of nitrogens with one attached hydrogen (secondary N) is 4. The van der Waals surface area contributed by atoms with E-state index >= 15 is 19.2 Å². The van der Waals surface area contributed by atoms with E-state index in [4.69, 9.17) is 4.74 Å². The summed E-state index contributed by atoms with van der Waals surface area (Å²) in [6.45, 7) is 12.8. The minimum Gasteiger partial charge on any atom is -0.497 e. The van der Waals surface area contributed by atoms with Crippen LogP contribution in [-0.4, -0.2) is 253 Å². The van der Waals surface area contributed by atoms with Crippen LogP contribution in [0.25, 0.3) is 0 Å². The summed E-state index contributed by atoms with van der Waals surface area (Å²) in [4.78, 5) is 187. The average molecular weight is 1520 g/mol. The molecule has 101 heavy (non-hydrogen) atoms. The third-order valence-corrected chi connectivity index (χ3v) is 19.8. The van der Waals surface area contributed by atoms with Crippen molar-refractivity contribution in [1.82, 2.24) is 60.5 Å². The van der Waals surface area contributed by atoms with Crippen LogP contribution in [0.1, 0.15) is 116 Å². The second kappa shape index (κ2) is 37.0. The number of carbonyl (C=O) groups is 12. The summed E-state index contributed by atoms with van der Waals surface area (Å²) in [5.41, 5.74) is 0.911. The second-order valence-corrected chi connectivity index (χ2v) is 29.6. The predicted octanol–water partition coefficient (Wildman–Crippen LogP) is 4.47. The van der Waals surface area contributed by atoms with Gasteiger partial charge in [-0.15, -0.1) is 0 Å². The van der Waals surface area contributed by atoms with Crippen molar-refractivity contribution < 1.29 is 71.1 Å². The molecular formula is C73H105F2IN12O13. The Morgan fingerprint density at radius 3 is 1.71 bits per heavy atom. The van der Waals surface area contributed by atoms with Crippen molar-refractivity contribution in [3.63, 3.8) is 0 Å². The molecule has 0 bridgehead atoms. The van der Waals surface area contributed by atoms with Gasteiger partial charge in [-0.2, -0.15) is 0 Å². The molecule has 8 atom stereocenters. The van der Waals surface area contributed by atoms with Gasteiger partial charge in [0.1, 0.15) is 53.6 Å². The zero-order valence-corrected chi connectivity index (χ0v) is 63.8. The van der Waals surface area contributed by atoms with E-state index in [9.17, 15) is 47.1 Å². The summed E-state index contributed by atoms with van der Waals surface area (Å²) in [6.07, 6.45) is -2.10. The third kappa shape index (κ3) is 23.4. The second-order valence-electron chi connectivity index (χ2n) is 28.4. The van der Waals surface area contributed by atoms with Gasteiger partial charge in [0, 0.05) is 98.1 Å². The standard InChI is InChI=1S/C73H105F2IN12O13/c1-18-47(7)63-70(99)83(12)42-61(91)81(10)43-62(92)85(14)57(39-49-24-22-46(6)23-25-49)68(97)82(11)41-59(89)77-53(38-50-20-19-21-51(76)36-50)64(93)78-55(37-48-26-28-52(101-17)29-27-48)67(96)87(16)72(8,9)71(100)79-54(34-44(2)3)66(95)86(15)58(69(98)88-32-30-73(74,75)31-33-88)40-60(90)84(13)56(35-45(4)5)65(94)80-63/h19-29,36,44-45,47,53-58,63H,18,30-35,37-43H2,1-17H3,(H,77,89)(H,78,93)(H,79,100)(H,80,94)/t47-,53-,54-,55-,56-,57+,58-,63-/m0/s1. The van der Waals surface area contributed by atoms with Crippen molar-refractivity contribution in [2.24, 2.45) is 17.8 Å². The Hall–Kier alpha value is -8.31. The number of likely N-dealkylation sites (tertiary alicyclic amines) is 1. The van der Waals surface area contributed by atoms with E-state index in [1.165, 1.54) is 75.2 Å². The minimum atomic E-state index is -3.09. The van der Waals surface area contributed by atoms with Crippen LogP contribution >= 0.6 is 22.6 Å². The SMILES string of the molecule is CC[C@H](C)[C@@H]1NC(=O)[C@H](CC(C)C)N(C)C(=O)C[C@@H](C(=O)N2CCC(F)(F)CC2)N(C)C(=O)[C@H](CC(C)C)NC(=O)C(C)(C)N(C)C(=O)[C@H](Cc2ccc(OC)cc2)NC(=O)[C@H](Cc2cccc(I)c2)NC(=O)CN(C)C(=O)[C@@H](Cc2ccc(C)cc2)N(C)C(=O)CN(C)C(=O)CN(C)C1=O. The van der Waals surface area contributed by atoms with E-state index in [-0.39, 0.29) is 43.9 Å². The Morgan fingerprint density at radius 2 is 1.14 bits per heavy atom. The predicted molar refractivity (Wildman–Crippen MR) is 385 cm³/mol. The van der Waals surface area contributed by atoms with E-state index < -0.39 is 183 Å². The maximum atomic E-state index is 15.3. The van der Waals surface area contributed by atoms with Crippen LogP contribution in [0.15, 0.2) is 72.8 Å². The zero-order valence-electron chi connectivity index (χ0n) is 61.6. The van der Waals surface area contributed by atoms with Crippen molar-refractivity contribution in [1.29, 1.82) is 0 Å².